The molecule has 2 unspecified atom stereocenters. The molecule has 0 aromatic heterocycles. The molecule has 1 N–H and O–H groups in total. The van der Waals surface area contributed by atoms with E-state index in [0.717, 1.165) is 43.6 Å². The van der Waals surface area contributed by atoms with Crippen molar-refractivity contribution in [2.75, 3.05) is 26.9 Å². The number of para-hydroxylation sites is 1. The van der Waals surface area contributed by atoms with Gasteiger partial charge in [-0.15, -0.1) is 0 Å². The Morgan fingerprint density at radius 1 is 1.33 bits per heavy atom. The molecule has 2 saturated heterocycles. The first-order valence-electron chi connectivity index (χ1n) is 8.86. The number of carbonyl (C=O) groups is 1. The Labute approximate surface area is 142 Å². The molecule has 24 heavy (non-hydrogen) atoms. The fourth-order valence-electron chi connectivity index (χ4n) is 4.12. The lowest BCUT2D eigenvalue weighted by molar-refractivity contribution is -0.126. The topological polar surface area (TPSA) is 56.8 Å². The summed E-state index contributed by atoms with van der Waals surface area (Å²) in [6.07, 6.45) is 3.60. The van der Waals surface area contributed by atoms with E-state index in [1.54, 1.807) is 7.11 Å². The van der Waals surface area contributed by atoms with Gasteiger partial charge in [-0.1, -0.05) is 18.2 Å². The summed E-state index contributed by atoms with van der Waals surface area (Å²) in [5.41, 5.74) is 0.981. The van der Waals surface area contributed by atoms with Crippen LogP contribution in [0.5, 0.6) is 5.75 Å². The van der Waals surface area contributed by atoms with Crippen LogP contribution in [0.1, 0.15) is 37.2 Å². The molecule has 4 rings (SSSR count). The smallest absolute Gasteiger partial charge is 0.223 e. The first-order valence-corrected chi connectivity index (χ1v) is 8.86. The van der Waals surface area contributed by atoms with Crippen molar-refractivity contribution in [3.8, 4) is 5.75 Å². The first-order chi connectivity index (χ1) is 11.7. The van der Waals surface area contributed by atoms with Gasteiger partial charge in [-0.2, -0.15) is 0 Å². The van der Waals surface area contributed by atoms with Crippen LogP contribution in [0.2, 0.25) is 0 Å². The summed E-state index contributed by atoms with van der Waals surface area (Å²) in [6, 6.07) is 8.20. The predicted octanol–water partition coefficient (Wildman–Crippen LogP) is 2.25. The van der Waals surface area contributed by atoms with Gasteiger partial charge < -0.3 is 19.5 Å². The second kappa shape index (κ2) is 6.37. The number of hydrogen-bond acceptors (Lipinski definition) is 4. The average molecular weight is 331 g/mol. The Balaban J connectivity index is 1.36. The van der Waals surface area contributed by atoms with Crippen molar-refractivity contribution >= 4 is 5.91 Å². The van der Waals surface area contributed by atoms with E-state index in [1.807, 2.05) is 18.2 Å². The Hall–Kier alpha value is -1.59. The Kier molecular flexibility index (Phi) is 4.22. The van der Waals surface area contributed by atoms with E-state index in [2.05, 4.69) is 11.4 Å². The van der Waals surface area contributed by atoms with E-state index in [1.165, 1.54) is 0 Å². The van der Waals surface area contributed by atoms with E-state index in [9.17, 15) is 4.79 Å². The van der Waals surface area contributed by atoms with Gasteiger partial charge in [0.05, 0.1) is 19.3 Å². The monoisotopic (exact) mass is 331 g/mol. The summed E-state index contributed by atoms with van der Waals surface area (Å²) in [5.74, 6) is 1.41. The third-order valence-electron chi connectivity index (χ3n) is 5.57. The van der Waals surface area contributed by atoms with Crippen LogP contribution in [0, 0.1) is 5.92 Å². The molecule has 0 bridgehead atoms. The van der Waals surface area contributed by atoms with Gasteiger partial charge in [0.1, 0.15) is 5.75 Å². The molecule has 0 radical (unpaired) electrons. The molecule has 2 aliphatic heterocycles. The first kappa shape index (κ1) is 15.9. The molecule has 130 valence electrons. The molecule has 5 nitrogen and oxygen atoms in total. The molecule has 1 spiro atoms. The van der Waals surface area contributed by atoms with Crippen molar-refractivity contribution in [1.29, 1.82) is 0 Å². The van der Waals surface area contributed by atoms with Crippen molar-refractivity contribution in [2.24, 2.45) is 5.92 Å². The Bertz CT molecular complexity index is 611. The molecular formula is C19H25NO4. The van der Waals surface area contributed by atoms with Crippen LogP contribution in [-0.2, 0) is 14.3 Å². The van der Waals surface area contributed by atoms with E-state index in [-0.39, 0.29) is 29.4 Å². The van der Waals surface area contributed by atoms with Crippen molar-refractivity contribution in [3.63, 3.8) is 0 Å². The molecule has 1 saturated carbocycles. The molecule has 3 aliphatic rings. The lowest BCUT2D eigenvalue weighted by Gasteiger charge is -2.37. The molecule has 4 atom stereocenters. The molecule has 1 aliphatic carbocycles. The molecule has 3 fully saturated rings. The van der Waals surface area contributed by atoms with Crippen molar-refractivity contribution < 1.29 is 19.0 Å². The minimum atomic E-state index is -0.165. The molecule has 1 aromatic rings. The maximum absolute atomic E-state index is 12.6. The van der Waals surface area contributed by atoms with Crippen LogP contribution in [0.3, 0.4) is 0 Å². The molecule has 1 amide bonds. The van der Waals surface area contributed by atoms with E-state index < -0.39 is 0 Å². The number of methoxy groups -OCH3 is 1. The third-order valence-corrected chi connectivity index (χ3v) is 5.57. The van der Waals surface area contributed by atoms with Gasteiger partial charge in [0.2, 0.25) is 5.91 Å². The highest BCUT2D eigenvalue weighted by Crippen LogP contribution is 2.50. The van der Waals surface area contributed by atoms with Crippen molar-refractivity contribution in [1.82, 2.24) is 5.32 Å². The fraction of sp³-hybridized carbons (Fsp3) is 0.632. The largest absolute Gasteiger partial charge is 0.496 e. The summed E-state index contributed by atoms with van der Waals surface area (Å²) in [4.78, 5) is 12.6. The number of carbonyl (C=O) groups excluding carboxylic acids is 1. The zero-order valence-electron chi connectivity index (χ0n) is 14.1. The van der Waals surface area contributed by atoms with Crippen LogP contribution >= 0.6 is 0 Å². The van der Waals surface area contributed by atoms with Crippen molar-refractivity contribution in [3.05, 3.63) is 29.8 Å². The Morgan fingerprint density at radius 3 is 3.00 bits per heavy atom. The second-order valence-electron chi connectivity index (χ2n) is 7.22. The summed E-state index contributed by atoms with van der Waals surface area (Å²) < 4.78 is 16.9. The predicted molar refractivity (Wildman–Crippen MR) is 89.1 cm³/mol. The average Bonchev–Trinajstić information content (AvgIpc) is 3.29. The maximum atomic E-state index is 12.6. The number of ether oxygens (including phenoxy) is 3. The third kappa shape index (κ3) is 3.03. The van der Waals surface area contributed by atoms with Crippen LogP contribution in [0.15, 0.2) is 24.3 Å². The summed E-state index contributed by atoms with van der Waals surface area (Å²) in [5, 5.41) is 3.25. The molecule has 1 aromatic carbocycles. The Morgan fingerprint density at radius 2 is 2.21 bits per heavy atom. The highest BCUT2D eigenvalue weighted by atomic mass is 16.6. The SMILES string of the molecule is COc1ccccc1[C@@H]1C[C@H]1C(=O)NC1CCOC2(CCOC2)C1. The number of hydrogen-bond donors (Lipinski definition) is 1. The zero-order chi connectivity index (χ0) is 16.6. The molecule has 5 heteroatoms. The van der Waals surface area contributed by atoms with E-state index in [4.69, 9.17) is 14.2 Å². The number of rotatable bonds is 4. The summed E-state index contributed by atoms with van der Waals surface area (Å²) >= 11 is 0. The van der Waals surface area contributed by atoms with Gasteiger partial charge >= 0.3 is 0 Å². The zero-order valence-corrected chi connectivity index (χ0v) is 14.1. The second-order valence-corrected chi connectivity index (χ2v) is 7.22. The molecular weight excluding hydrogens is 306 g/mol. The van der Waals surface area contributed by atoms with Gasteiger partial charge in [0.15, 0.2) is 0 Å². The molecule has 2 heterocycles. The number of nitrogens with one attached hydrogen (secondary N) is 1. The standard InChI is InChI=1S/C19H25NO4/c1-22-17-5-3-2-4-14(17)15-10-16(15)18(21)20-13-6-8-24-19(11-13)7-9-23-12-19/h2-5,13,15-16H,6-12H2,1H3,(H,20,21)/t13?,15-,16+,19?/m0/s1. The van der Waals surface area contributed by atoms with Gasteiger partial charge in [0, 0.05) is 31.6 Å². The lowest BCUT2D eigenvalue weighted by Crippen LogP contribution is -2.49. The van der Waals surface area contributed by atoms with Gasteiger partial charge in [-0.05, 0) is 36.8 Å². The lowest BCUT2D eigenvalue weighted by atomic mass is 9.89. The van der Waals surface area contributed by atoms with Crippen LogP contribution in [-0.4, -0.2) is 44.5 Å². The number of amides is 1. The normalized spacial score (nSPS) is 35.0. The van der Waals surface area contributed by atoms with Crippen LogP contribution < -0.4 is 10.1 Å². The highest BCUT2D eigenvalue weighted by Gasteiger charge is 2.47. The van der Waals surface area contributed by atoms with Crippen LogP contribution in [0.25, 0.3) is 0 Å². The summed E-state index contributed by atoms with van der Waals surface area (Å²) in [7, 11) is 1.68. The van der Waals surface area contributed by atoms with E-state index in [0.29, 0.717) is 13.2 Å². The van der Waals surface area contributed by atoms with E-state index >= 15 is 0 Å². The quantitative estimate of drug-likeness (QED) is 0.919. The van der Waals surface area contributed by atoms with Gasteiger partial charge in [0.25, 0.3) is 0 Å². The van der Waals surface area contributed by atoms with Gasteiger partial charge in [-0.25, -0.2) is 0 Å². The maximum Gasteiger partial charge on any atom is 0.223 e. The number of benzene rings is 1. The summed E-state index contributed by atoms with van der Waals surface area (Å²) in [6.45, 7) is 2.13. The van der Waals surface area contributed by atoms with Crippen LogP contribution in [0.4, 0.5) is 0 Å². The highest BCUT2D eigenvalue weighted by molar-refractivity contribution is 5.83. The minimum absolute atomic E-state index is 0.0694. The fourth-order valence-corrected chi connectivity index (χ4v) is 4.12. The van der Waals surface area contributed by atoms with Gasteiger partial charge in [-0.3, -0.25) is 4.79 Å². The minimum Gasteiger partial charge on any atom is -0.496 e. The van der Waals surface area contributed by atoms with Crippen molar-refractivity contribution in [2.45, 2.75) is 43.2 Å².